The minimum atomic E-state index is -0.102. The van der Waals surface area contributed by atoms with E-state index in [2.05, 4.69) is 18.0 Å². The molecule has 4 nitrogen and oxygen atoms in total. The average Bonchev–Trinajstić information content (AvgIpc) is 2.69. The number of carbonyl (C=O) groups is 1. The van der Waals surface area contributed by atoms with Crippen molar-refractivity contribution in [1.82, 2.24) is 4.98 Å². The lowest BCUT2D eigenvalue weighted by atomic mass is 10.2. The molecular weight excluding hydrogens is 284 g/mol. The number of amides is 1. The second-order valence-electron chi connectivity index (χ2n) is 5.29. The van der Waals surface area contributed by atoms with Gasteiger partial charge in [0, 0.05) is 23.6 Å². The Bertz CT molecular complexity index is 681. The van der Waals surface area contributed by atoms with Crippen molar-refractivity contribution in [1.29, 1.82) is 0 Å². The van der Waals surface area contributed by atoms with Crippen LogP contribution in [0.25, 0.3) is 0 Å². The summed E-state index contributed by atoms with van der Waals surface area (Å²) in [5.41, 5.74) is 1.62. The van der Waals surface area contributed by atoms with Crippen molar-refractivity contribution in [2.75, 3.05) is 11.4 Å². The number of rotatable bonds is 1. The van der Waals surface area contributed by atoms with Crippen molar-refractivity contribution in [3.8, 4) is 0 Å². The lowest BCUT2D eigenvalue weighted by Crippen LogP contribution is -2.32. The molecule has 1 aromatic carbocycles. The Morgan fingerprint density at radius 2 is 2.14 bits per heavy atom. The van der Waals surface area contributed by atoms with Crippen LogP contribution in [0.2, 0.25) is 0 Å². The van der Waals surface area contributed by atoms with Gasteiger partial charge in [-0.1, -0.05) is 19.1 Å². The number of aryl methyl sites for hydroxylation is 2. The third kappa shape index (κ3) is 2.70. The number of carbonyl (C=O) groups excluding carboxylic acids is 1. The fourth-order valence-corrected chi connectivity index (χ4v) is 3.66. The second kappa shape index (κ2) is 5.56. The molecule has 1 atom stereocenters. The molecule has 2 heterocycles. The molecule has 110 valence electrons. The molecule has 5 heteroatoms. The molecule has 3 rings (SSSR count). The number of para-hydroxylation sites is 1. The number of nitrogens with zero attached hydrogens (tertiary/aromatic N) is 2. The van der Waals surface area contributed by atoms with Crippen LogP contribution in [-0.2, 0) is 0 Å². The highest BCUT2D eigenvalue weighted by atomic mass is 32.2. The van der Waals surface area contributed by atoms with E-state index in [4.69, 9.17) is 4.42 Å². The van der Waals surface area contributed by atoms with E-state index in [0.717, 1.165) is 17.0 Å². The maximum Gasteiger partial charge on any atom is 0.296 e. The van der Waals surface area contributed by atoms with Gasteiger partial charge in [0.25, 0.3) is 5.91 Å². The first kappa shape index (κ1) is 14.2. The van der Waals surface area contributed by atoms with E-state index in [0.29, 0.717) is 29.1 Å². The van der Waals surface area contributed by atoms with E-state index in [1.54, 1.807) is 6.92 Å². The molecule has 0 aliphatic carbocycles. The smallest absolute Gasteiger partial charge is 0.296 e. The summed E-state index contributed by atoms with van der Waals surface area (Å²) in [6.45, 7) is 6.46. The minimum absolute atomic E-state index is 0.102. The van der Waals surface area contributed by atoms with Gasteiger partial charge in [0.2, 0.25) is 5.76 Å². The van der Waals surface area contributed by atoms with Gasteiger partial charge < -0.3 is 9.32 Å². The van der Waals surface area contributed by atoms with Gasteiger partial charge in [0.15, 0.2) is 5.89 Å². The van der Waals surface area contributed by atoms with Gasteiger partial charge in [-0.15, -0.1) is 11.8 Å². The van der Waals surface area contributed by atoms with Gasteiger partial charge in [0.1, 0.15) is 0 Å². The first-order valence-electron chi connectivity index (χ1n) is 7.08. The number of fused-ring (bicyclic) bond motifs is 1. The monoisotopic (exact) mass is 302 g/mol. The summed E-state index contributed by atoms with van der Waals surface area (Å²) in [6, 6.07) is 8.04. The van der Waals surface area contributed by atoms with E-state index >= 15 is 0 Å². The zero-order chi connectivity index (χ0) is 15.0. The Labute approximate surface area is 128 Å². The molecule has 1 aliphatic heterocycles. The highest BCUT2D eigenvalue weighted by Crippen LogP contribution is 2.38. The highest BCUT2D eigenvalue weighted by Gasteiger charge is 2.28. The largest absolute Gasteiger partial charge is 0.436 e. The van der Waals surface area contributed by atoms with Crippen LogP contribution in [0.5, 0.6) is 0 Å². The normalized spacial score (nSPS) is 18.2. The number of hydrogen-bond acceptors (Lipinski definition) is 4. The summed E-state index contributed by atoms with van der Waals surface area (Å²) in [5, 5.41) is 0.488. The first-order valence-corrected chi connectivity index (χ1v) is 7.96. The van der Waals surface area contributed by atoms with Crippen molar-refractivity contribution in [2.24, 2.45) is 0 Å². The van der Waals surface area contributed by atoms with Crippen LogP contribution in [0.15, 0.2) is 33.6 Å². The standard InChI is InChI=1S/C16H18N2O2S/c1-10-8-9-18(13-6-4-5-7-14(13)21-10)16(19)15-11(2)17-12(3)20-15/h4-7,10H,8-9H2,1-3H3/t10-/m1/s1. The number of oxazole rings is 1. The predicted octanol–water partition coefficient (Wildman–Crippen LogP) is 3.82. The summed E-state index contributed by atoms with van der Waals surface area (Å²) in [4.78, 5) is 20.0. The summed E-state index contributed by atoms with van der Waals surface area (Å²) in [6.07, 6.45) is 0.956. The number of benzene rings is 1. The average molecular weight is 302 g/mol. The number of anilines is 1. The number of thioether (sulfide) groups is 1. The van der Waals surface area contributed by atoms with E-state index in [-0.39, 0.29) is 5.91 Å². The molecule has 1 aliphatic rings. The fraction of sp³-hybridized carbons (Fsp3) is 0.375. The Morgan fingerprint density at radius 3 is 2.86 bits per heavy atom. The van der Waals surface area contributed by atoms with Crippen molar-refractivity contribution < 1.29 is 9.21 Å². The summed E-state index contributed by atoms with van der Waals surface area (Å²) in [5.74, 6) is 0.777. The summed E-state index contributed by atoms with van der Waals surface area (Å²) < 4.78 is 5.50. The van der Waals surface area contributed by atoms with Crippen LogP contribution in [0.1, 0.15) is 35.5 Å². The van der Waals surface area contributed by atoms with Crippen LogP contribution in [0, 0.1) is 13.8 Å². The Hall–Kier alpha value is -1.75. The molecule has 1 amide bonds. The molecule has 1 aromatic heterocycles. The zero-order valence-electron chi connectivity index (χ0n) is 12.4. The number of hydrogen-bond donors (Lipinski definition) is 0. The molecule has 0 radical (unpaired) electrons. The molecule has 0 fully saturated rings. The third-order valence-electron chi connectivity index (χ3n) is 3.59. The lowest BCUT2D eigenvalue weighted by Gasteiger charge is -2.21. The molecule has 0 spiro atoms. The number of aromatic nitrogens is 1. The Morgan fingerprint density at radius 1 is 1.38 bits per heavy atom. The van der Waals surface area contributed by atoms with Gasteiger partial charge in [0.05, 0.1) is 11.4 Å². The Kier molecular flexibility index (Phi) is 3.76. The van der Waals surface area contributed by atoms with E-state index < -0.39 is 0 Å². The van der Waals surface area contributed by atoms with Crippen molar-refractivity contribution in [3.63, 3.8) is 0 Å². The summed E-state index contributed by atoms with van der Waals surface area (Å²) in [7, 11) is 0. The van der Waals surface area contributed by atoms with E-state index in [9.17, 15) is 4.79 Å². The SMILES string of the molecule is Cc1nc(C)c(C(=O)N2CC[C@@H](C)Sc3ccccc32)o1. The molecule has 2 aromatic rings. The lowest BCUT2D eigenvalue weighted by molar-refractivity contribution is 0.0957. The van der Waals surface area contributed by atoms with Gasteiger partial charge in [-0.3, -0.25) is 4.79 Å². The van der Waals surface area contributed by atoms with Gasteiger partial charge in [-0.05, 0) is 25.5 Å². The van der Waals surface area contributed by atoms with E-state index in [1.165, 1.54) is 0 Å². The quantitative estimate of drug-likeness (QED) is 0.803. The van der Waals surface area contributed by atoms with Crippen LogP contribution >= 0.6 is 11.8 Å². The van der Waals surface area contributed by atoms with Crippen LogP contribution in [0.3, 0.4) is 0 Å². The van der Waals surface area contributed by atoms with Crippen molar-refractivity contribution in [2.45, 2.75) is 37.3 Å². The van der Waals surface area contributed by atoms with Crippen LogP contribution in [0.4, 0.5) is 5.69 Å². The zero-order valence-corrected chi connectivity index (χ0v) is 13.2. The molecular formula is C16H18N2O2S. The van der Waals surface area contributed by atoms with E-state index in [1.807, 2.05) is 41.8 Å². The maximum atomic E-state index is 12.8. The summed E-state index contributed by atoms with van der Waals surface area (Å²) >= 11 is 1.82. The fourth-order valence-electron chi connectivity index (χ4n) is 2.55. The van der Waals surface area contributed by atoms with Crippen LogP contribution < -0.4 is 4.90 Å². The molecule has 0 saturated carbocycles. The highest BCUT2D eigenvalue weighted by molar-refractivity contribution is 8.00. The molecule has 0 unspecified atom stereocenters. The molecule has 0 saturated heterocycles. The van der Waals surface area contributed by atoms with Gasteiger partial charge in [-0.2, -0.15) is 0 Å². The van der Waals surface area contributed by atoms with Crippen molar-refractivity contribution in [3.05, 3.63) is 41.6 Å². The maximum absolute atomic E-state index is 12.8. The van der Waals surface area contributed by atoms with Crippen molar-refractivity contribution >= 4 is 23.4 Å². The molecule has 0 N–H and O–H groups in total. The Balaban J connectivity index is 2.02. The third-order valence-corrected chi connectivity index (χ3v) is 4.82. The van der Waals surface area contributed by atoms with Gasteiger partial charge in [-0.25, -0.2) is 4.98 Å². The molecule has 21 heavy (non-hydrogen) atoms. The first-order chi connectivity index (χ1) is 10.1. The predicted molar refractivity (Wildman–Crippen MR) is 84.0 cm³/mol. The van der Waals surface area contributed by atoms with Crippen LogP contribution in [-0.4, -0.2) is 22.7 Å². The van der Waals surface area contributed by atoms with Gasteiger partial charge >= 0.3 is 0 Å². The molecule has 0 bridgehead atoms. The minimum Gasteiger partial charge on any atom is -0.436 e. The second-order valence-corrected chi connectivity index (χ2v) is 6.77. The topological polar surface area (TPSA) is 46.3 Å².